The van der Waals surface area contributed by atoms with Gasteiger partial charge in [-0.3, -0.25) is 4.90 Å². The van der Waals surface area contributed by atoms with Crippen LogP contribution in [0.1, 0.15) is 70.5 Å². The first-order valence-electron chi connectivity index (χ1n) is 13.8. The Hall–Kier alpha value is -3.23. The monoisotopic (exact) mass is 640 g/mol. The summed E-state index contributed by atoms with van der Waals surface area (Å²) in [5, 5.41) is 3.92. The Morgan fingerprint density at radius 3 is 2.19 bits per heavy atom. The predicted molar refractivity (Wildman–Crippen MR) is 154 cm³/mol. The lowest BCUT2D eigenvalue weighted by Crippen LogP contribution is -2.41. The van der Waals surface area contributed by atoms with Gasteiger partial charge in [-0.25, -0.2) is 35.8 Å². The van der Waals surface area contributed by atoms with Crippen LogP contribution < -0.4 is 9.62 Å². The van der Waals surface area contributed by atoms with E-state index < -0.39 is 61.7 Å². The van der Waals surface area contributed by atoms with Gasteiger partial charge in [0.2, 0.25) is 0 Å². The Morgan fingerprint density at radius 1 is 1.07 bits per heavy atom. The maximum Gasteiger partial charge on any atom is 0.430 e. The number of halogens is 4. The molecule has 0 radical (unpaired) electrons. The number of amides is 1. The topological polar surface area (TPSA) is 91.8 Å². The number of carbonyl (C=O) groups excluding carboxylic acids is 1. The van der Waals surface area contributed by atoms with Crippen LogP contribution in [-0.4, -0.2) is 42.1 Å². The summed E-state index contributed by atoms with van der Waals surface area (Å²) in [4.78, 5) is 17.5. The summed E-state index contributed by atoms with van der Waals surface area (Å²) in [5.41, 5.74) is 0.0911. The molecule has 1 unspecified atom stereocenters. The first-order valence-corrected chi connectivity index (χ1v) is 16.2. The van der Waals surface area contributed by atoms with E-state index in [2.05, 4.69) is 15.2 Å². The lowest BCUT2D eigenvalue weighted by atomic mass is 9.98. The number of fused-ring (bicyclic) bond motifs is 2. The Bertz CT molecular complexity index is 1590. The zero-order valence-electron chi connectivity index (χ0n) is 24.0. The largest absolute Gasteiger partial charge is 0.443 e. The van der Waals surface area contributed by atoms with Crippen molar-refractivity contribution in [3.63, 3.8) is 0 Å². The smallest absolute Gasteiger partial charge is 0.430 e. The normalized spacial score (nSPS) is 19.4. The van der Waals surface area contributed by atoms with Crippen molar-refractivity contribution in [3.05, 3.63) is 69.6 Å². The fourth-order valence-corrected chi connectivity index (χ4v) is 8.05. The number of carbonyl (C=O) groups is 1. The highest BCUT2D eigenvalue weighted by atomic mass is 32.2. The van der Waals surface area contributed by atoms with E-state index in [9.17, 15) is 13.2 Å². The molecule has 14 heteroatoms. The summed E-state index contributed by atoms with van der Waals surface area (Å²) < 4.78 is 93.2. The second-order valence-electron chi connectivity index (χ2n) is 11.7. The molecular weight excluding hydrogens is 608 g/mol. The fourth-order valence-electron chi connectivity index (χ4n) is 6.09. The molecule has 2 aliphatic rings. The number of aromatic nitrogens is 1. The van der Waals surface area contributed by atoms with Crippen molar-refractivity contribution in [1.29, 1.82) is 0 Å². The number of nitrogens with zero attached hydrogens (tertiary/aromatic N) is 3. The van der Waals surface area contributed by atoms with Crippen molar-refractivity contribution in [3.8, 4) is 0 Å². The van der Waals surface area contributed by atoms with Gasteiger partial charge in [0, 0.05) is 46.9 Å². The van der Waals surface area contributed by atoms with E-state index in [0.717, 1.165) is 49.2 Å². The van der Waals surface area contributed by atoms with Crippen molar-refractivity contribution in [2.45, 2.75) is 88.5 Å². The molecule has 2 saturated heterocycles. The molecule has 2 fully saturated rings. The van der Waals surface area contributed by atoms with Gasteiger partial charge < -0.3 is 10.1 Å². The van der Waals surface area contributed by atoms with Gasteiger partial charge in [0.25, 0.3) is 10.0 Å². The Balaban J connectivity index is 1.44. The fraction of sp³-hybridized carbons (Fsp3) is 0.448. The van der Waals surface area contributed by atoms with Crippen molar-refractivity contribution in [2.24, 2.45) is 0 Å². The molecule has 0 saturated carbocycles. The molecule has 43 heavy (non-hydrogen) atoms. The summed E-state index contributed by atoms with van der Waals surface area (Å²) in [6.07, 6.45) is 2.61. The zero-order valence-corrected chi connectivity index (χ0v) is 25.7. The number of benzene rings is 2. The van der Waals surface area contributed by atoms with Gasteiger partial charge in [0.05, 0.1) is 5.51 Å². The van der Waals surface area contributed by atoms with Crippen LogP contribution in [-0.2, 0) is 21.3 Å². The maximum absolute atomic E-state index is 15.4. The summed E-state index contributed by atoms with van der Waals surface area (Å²) in [5.74, 6) is -4.67. The lowest BCUT2D eigenvalue weighted by Gasteiger charge is -2.31. The van der Waals surface area contributed by atoms with Crippen molar-refractivity contribution < 1.29 is 35.5 Å². The number of thiazole rings is 1. The van der Waals surface area contributed by atoms with Gasteiger partial charge in [-0.2, -0.15) is 0 Å². The van der Waals surface area contributed by atoms with Gasteiger partial charge in [-0.15, -0.1) is 15.6 Å². The third-order valence-electron chi connectivity index (χ3n) is 7.77. The molecule has 1 aromatic heterocycles. The van der Waals surface area contributed by atoms with Crippen LogP contribution >= 0.6 is 11.3 Å². The van der Waals surface area contributed by atoms with Crippen LogP contribution in [0.15, 0.2) is 40.1 Å². The van der Waals surface area contributed by atoms with Gasteiger partial charge in [-0.1, -0.05) is 0 Å². The molecule has 3 heterocycles. The second-order valence-corrected chi connectivity index (χ2v) is 14.2. The standard InChI is InChI=1S/C29H32F4N4O4S2/c1-16(36-18-5-6-19(36)8-7-18)26-20(21(30)9-10-22(26)31)13-34-17-11-23(32)27(24(33)12-17)43(39,40)37(25-14-42-15-35-25)28(38)41-29(2,3)4/h9-12,14-16,18-19,34H,5-8,13H2,1-4H3. The van der Waals surface area contributed by atoms with E-state index in [1.54, 1.807) is 0 Å². The van der Waals surface area contributed by atoms with Crippen LogP contribution in [0.25, 0.3) is 0 Å². The number of hydrogen-bond donors (Lipinski definition) is 1. The summed E-state index contributed by atoms with van der Waals surface area (Å²) in [6.45, 7) is 6.01. The Morgan fingerprint density at radius 2 is 1.65 bits per heavy atom. The summed E-state index contributed by atoms with van der Waals surface area (Å²) in [6, 6.07) is 3.67. The summed E-state index contributed by atoms with van der Waals surface area (Å²) in [7, 11) is -5.18. The Labute approximate surface area is 251 Å². The van der Waals surface area contributed by atoms with E-state index in [1.807, 2.05) is 6.92 Å². The second kappa shape index (κ2) is 11.7. The Kier molecular flexibility index (Phi) is 8.49. The van der Waals surface area contributed by atoms with Crippen molar-refractivity contribution >= 4 is 39.0 Å². The highest BCUT2D eigenvalue weighted by Gasteiger charge is 2.43. The van der Waals surface area contributed by atoms with E-state index in [-0.39, 0.29) is 27.7 Å². The lowest BCUT2D eigenvalue weighted by molar-refractivity contribution is 0.0608. The summed E-state index contributed by atoms with van der Waals surface area (Å²) >= 11 is 0.964. The highest BCUT2D eigenvalue weighted by molar-refractivity contribution is 7.93. The molecule has 5 rings (SSSR count). The molecule has 232 valence electrons. The number of rotatable bonds is 8. The zero-order chi connectivity index (χ0) is 31.3. The average Bonchev–Trinajstić information content (AvgIpc) is 3.65. The van der Waals surface area contributed by atoms with Crippen LogP contribution in [0.2, 0.25) is 0 Å². The molecule has 3 aromatic rings. The van der Waals surface area contributed by atoms with Crippen molar-refractivity contribution in [1.82, 2.24) is 9.88 Å². The van der Waals surface area contributed by atoms with E-state index in [0.29, 0.717) is 24.2 Å². The van der Waals surface area contributed by atoms with Gasteiger partial charge in [0.15, 0.2) is 10.7 Å². The number of nitrogens with one attached hydrogen (secondary N) is 1. The molecule has 2 aliphatic heterocycles. The molecule has 1 atom stereocenters. The first-order chi connectivity index (χ1) is 20.2. The predicted octanol–water partition coefficient (Wildman–Crippen LogP) is 7.13. The number of ether oxygens (including phenoxy) is 1. The average molecular weight is 641 g/mol. The van der Waals surface area contributed by atoms with Crippen LogP contribution in [0.4, 0.5) is 33.9 Å². The van der Waals surface area contributed by atoms with E-state index in [4.69, 9.17) is 4.74 Å². The molecule has 0 spiro atoms. The van der Waals surface area contributed by atoms with Crippen LogP contribution in [0.3, 0.4) is 0 Å². The van der Waals surface area contributed by atoms with Gasteiger partial charge in [0.1, 0.15) is 28.9 Å². The van der Waals surface area contributed by atoms with Crippen LogP contribution in [0, 0.1) is 23.3 Å². The maximum atomic E-state index is 15.4. The SMILES string of the molecule is CC(c1c(F)ccc(F)c1CNc1cc(F)c(S(=O)(=O)N(C(=O)OC(C)(C)C)c2cscn2)c(F)c1)N1C2CCC1CC2. The molecule has 8 nitrogen and oxygen atoms in total. The van der Waals surface area contributed by atoms with Crippen LogP contribution in [0.5, 0.6) is 0 Å². The molecule has 1 amide bonds. The number of hydrogen-bond acceptors (Lipinski definition) is 8. The van der Waals surface area contributed by atoms with Gasteiger partial charge in [-0.05, 0) is 77.6 Å². The van der Waals surface area contributed by atoms with E-state index in [1.165, 1.54) is 31.7 Å². The highest BCUT2D eigenvalue weighted by Crippen LogP contribution is 2.44. The third-order valence-corrected chi connectivity index (χ3v) is 10.1. The molecule has 2 bridgehead atoms. The quantitative estimate of drug-likeness (QED) is 0.262. The minimum absolute atomic E-state index is 0.0101. The molecule has 1 N–H and O–H groups in total. The minimum Gasteiger partial charge on any atom is -0.443 e. The minimum atomic E-state index is -5.18. The number of sulfonamides is 1. The molecular formula is C29H32F4N4O4S2. The van der Waals surface area contributed by atoms with Crippen molar-refractivity contribution in [2.75, 3.05) is 9.62 Å². The third kappa shape index (κ3) is 6.09. The van der Waals surface area contributed by atoms with Gasteiger partial charge >= 0.3 is 6.09 Å². The first kappa shape index (κ1) is 31.2. The molecule has 0 aliphatic carbocycles. The van der Waals surface area contributed by atoms with E-state index >= 15 is 17.6 Å². The molecule has 2 aromatic carbocycles. The number of anilines is 2.